The summed E-state index contributed by atoms with van der Waals surface area (Å²) in [5.41, 5.74) is -0.374. The van der Waals surface area contributed by atoms with Gasteiger partial charge in [-0.15, -0.1) is 0 Å². The molecule has 1 rings (SSSR count). The molecule has 0 unspecified atom stereocenters. The second-order valence-electron chi connectivity index (χ2n) is 4.20. The van der Waals surface area contributed by atoms with Crippen molar-refractivity contribution in [1.82, 2.24) is 4.98 Å². The van der Waals surface area contributed by atoms with E-state index in [1.807, 2.05) is 0 Å². The van der Waals surface area contributed by atoms with Crippen molar-refractivity contribution in [2.75, 3.05) is 5.32 Å². The maximum Gasteiger partial charge on any atom is 0.413 e. The first kappa shape index (κ1) is 12.9. The highest BCUT2D eigenvalue weighted by Crippen LogP contribution is 2.21. The molecule has 0 atom stereocenters. The number of ether oxygens (including phenoxy) is 1. The molecule has 0 fully saturated rings. The number of aliphatic imine (C=N–C) groups is 1. The van der Waals surface area contributed by atoms with Gasteiger partial charge in [-0.05, 0) is 32.9 Å². The van der Waals surface area contributed by atoms with E-state index in [2.05, 4.69) is 15.3 Å². The second-order valence-corrected chi connectivity index (χ2v) is 4.20. The summed E-state index contributed by atoms with van der Waals surface area (Å²) in [5.74, 6) is 0.158. The van der Waals surface area contributed by atoms with E-state index in [0.29, 0.717) is 0 Å². The van der Waals surface area contributed by atoms with Crippen LogP contribution in [0.3, 0.4) is 0 Å². The highest BCUT2D eigenvalue weighted by molar-refractivity contribution is 5.87. The van der Waals surface area contributed by atoms with Crippen LogP contribution in [0, 0.1) is 0 Å². The summed E-state index contributed by atoms with van der Waals surface area (Å²) in [4.78, 5) is 28.9. The average molecular weight is 235 g/mol. The molecule has 6 heteroatoms. The summed E-state index contributed by atoms with van der Waals surface area (Å²) < 4.78 is 5.04. The van der Waals surface area contributed by atoms with Crippen LogP contribution >= 0.6 is 0 Å². The van der Waals surface area contributed by atoms with Crippen molar-refractivity contribution >= 4 is 23.7 Å². The summed E-state index contributed by atoms with van der Waals surface area (Å²) in [5, 5.41) is 2.41. The minimum Gasteiger partial charge on any atom is -0.444 e. The maximum atomic E-state index is 11.5. The van der Waals surface area contributed by atoms with Crippen LogP contribution < -0.4 is 5.32 Å². The van der Waals surface area contributed by atoms with Crippen LogP contribution in [0.5, 0.6) is 0 Å². The molecule has 1 N–H and O–H groups in total. The number of aromatic nitrogens is 1. The van der Waals surface area contributed by atoms with E-state index < -0.39 is 11.7 Å². The Morgan fingerprint density at radius 3 is 2.82 bits per heavy atom. The van der Waals surface area contributed by atoms with E-state index in [1.54, 1.807) is 26.8 Å². The highest BCUT2D eigenvalue weighted by atomic mass is 16.6. The van der Waals surface area contributed by atoms with Crippen molar-refractivity contribution in [2.24, 2.45) is 4.99 Å². The Bertz CT molecular complexity index is 459. The SMILES string of the molecule is CC(C)(C)OC(=O)Nc1ncccc1N=C=O. The van der Waals surface area contributed by atoms with Crippen LogP contribution in [-0.4, -0.2) is 22.8 Å². The minimum atomic E-state index is -0.654. The molecular formula is C11H13N3O3. The molecule has 1 amide bonds. The normalized spacial score (nSPS) is 10.3. The lowest BCUT2D eigenvalue weighted by Gasteiger charge is -2.19. The topological polar surface area (TPSA) is 80.7 Å². The van der Waals surface area contributed by atoms with Gasteiger partial charge >= 0.3 is 6.09 Å². The van der Waals surface area contributed by atoms with Crippen LogP contribution in [0.15, 0.2) is 23.3 Å². The molecule has 1 heterocycles. The molecule has 0 aliphatic heterocycles. The number of nitrogens with zero attached hydrogens (tertiary/aromatic N) is 2. The summed E-state index contributed by atoms with van der Waals surface area (Å²) in [6, 6.07) is 3.13. The lowest BCUT2D eigenvalue weighted by Crippen LogP contribution is -2.27. The van der Waals surface area contributed by atoms with E-state index in [1.165, 1.54) is 18.3 Å². The molecule has 0 aliphatic rings. The third kappa shape index (κ3) is 4.44. The lowest BCUT2D eigenvalue weighted by atomic mass is 10.2. The van der Waals surface area contributed by atoms with E-state index in [-0.39, 0.29) is 11.5 Å². The smallest absolute Gasteiger partial charge is 0.413 e. The summed E-state index contributed by atoms with van der Waals surface area (Å²) in [6.07, 6.45) is 2.20. The van der Waals surface area contributed by atoms with Crippen LogP contribution in [0.2, 0.25) is 0 Å². The van der Waals surface area contributed by atoms with Gasteiger partial charge in [0, 0.05) is 6.20 Å². The number of hydrogen-bond donors (Lipinski definition) is 1. The molecule has 0 radical (unpaired) electrons. The number of anilines is 1. The van der Waals surface area contributed by atoms with E-state index >= 15 is 0 Å². The Hall–Kier alpha value is -2.20. The molecule has 0 saturated carbocycles. The van der Waals surface area contributed by atoms with Crippen molar-refractivity contribution < 1.29 is 14.3 Å². The zero-order chi connectivity index (χ0) is 12.9. The zero-order valence-corrected chi connectivity index (χ0v) is 9.85. The van der Waals surface area contributed by atoms with Gasteiger partial charge in [0.15, 0.2) is 5.82 Å². The highest BCUT2D eigenvalue weighted by Gasteiger charge is 2.17. The average Bonchev–Trinajstić information content (AvgIpc) is 2.18. The maximum absolute atomic E-state index is 11.5. The zero-order valence-electron chi connectivity index (χ0n) is 9.85. The molecule has 0 aliphatic carbocycles. The first-order valence-corrected chi connectivity index (χ1v) is 4.95. The Morgan fingerprint density at radius 1 is 1.53 bits per heavy atom. The van der Waals surface area contributed by atoms with E-state index in [0.717, 1.165) is 0 Å². The third-order valence-electron chi connectivity index (χ3n) is 1.57. The predicted octanol–water partition coefficient (Wildman–Crippen LogP) is 2.40. The fraction of sp³-hybridized carbons (Fsp3) is 0.364. The van der Waals surface area contributed by atoms with Gasteiger partial charge in [-0.1, -0.05) is 0 Å². The van der Waals surface area contributed by atoms with Gasteiger partial charge in [-0.3, -0.25) is 5.32 Å². The van der Waals surface area contributed by atoms with Crippen molar-refractivity contribution in [3.8, 4) is 0 Å². The molecule has 0 bridgehead atoms. The molecule has 1 aromatic rings. The lowest BCUT2D eigenvalue weighted by molar-refractivity contribution is 0.0635. The number of carbonyl (C=O) groups is 1. The Balaban J connectivity index is 2.81. The Kier molecular flexibility index (Phi) is 3.96. The first-order chi connectivity index (χ1) is 7.92. The fourth-order valence-corrected chi connectivity index (χ4v) is 1.03. The number of rotatable bonds is 2. The first-order valence-electron chi connectivity index (χ1n) is 4.95. The largest absolute Gasteiger partial charge is 0.444 e. The quantitative estimate of drug-likeness (QED) is 0.630. The second kappa shape index (κ2) is 5.23. The monoisotopic (exact) mass is 235 g/mol. The van der Waals surface area contributed by atoms with Gasteiger partial charge in [-0.2, -0.15) is 4.99 Å². The number of isocyanates is 1. The molecule has 0 spiro atoms. The molecule has 0 aromatic carbocycles. The Labute approximate surface area is 98.7 Å². The summed E-state index contributed by atoms with van der Waals surface area (Å²) in [6.45, 7) is 5.24. The van der Waals surface area contributed by atoms with Crippen molar-refractivity contribution in [3.05, 3.63) is 18.3 Å². The van der Waals surface area contributed by atoms with Crippen LogP contribution in [-0.2, 0) is 9.53 Å². The molecule has 17 heavy (non-hydrogen) atoms. The van der Waals surface area contributed by atoms with Crippen LogP contribution in [0.25, 0.3) is 0 Å². The summed E-state index contributed by atoms with van der Waals surface area (Å²) >= 11 is 0. The van der Waals surface area contributed by atoms with Crippen LogP contribution in [0.1, 0.15) is 20.8 Å². The van der Waals surface area contributed by atoms with Crippen molar-refractivity contribution in [3.63, 3.8) is 0 Å². The standard InChI is InChI=1S/C11H13N3O3/c1-11(2,3)17-10(16)14-9-8(13-7-15)5-4-6-12-9/h4-6H,1-3H3,(H,12,14,16). The molecule has 6 nitrogen and oxygen atoms in total. The molecule has 1 aromatic heterocycles. The number of carbonyl (C=O) groups excluding carboxylic acids is 2. The number of nitrogens with one attached hydrogen (secondary N) is 1. The third-order valence-corrected chi connectivity index (χ3v) is 1.57. The van der Waals surface area contributed by atoms with E-state index in [9.17, 15) is 9.59 Å². The van der Waals surface area contributed by atoms with Gasteiger partial charge in [0.2, 0.25) is 6.08 Å². The van der Waals surface area contributed by atoms with Gasteiger partial charge in [0.05, 0.1) is 0 Å². The van der Waals surface area contributed by atoms with Gasteiger partial charge in [0.25, 0.3) is 0 Å². The number of pyridine rings is 1. The molecule has 0 saturated heterocycles. The van der Waals surface area contributed by atoms with Gasteiger partial charge in [0.1, 0.15) is 11.3 Å². The minimum absolute atomic E-state index is 0.158. The Morgan fingerprint density at radius 2 is 2.24 bits per heavy atom. The van der Waals surface area contributed by atoms with Crippen LogP contribution in [0.4, 0.5) is 16.3 Å². The van der Waals surface area contributed by atoms with E-state index in [4.69, 9.17) is 4.74 Å². The van der Waals surface area contributed by atoms with Crippen molar-refractivity contribution in [1.29, 1.82) is 0 Å². The fourth-order valence-electron chi connectivity index (χ4n) is 1.03. The number of hydrogen-bond acceptors (Lipinski definition) is 5. The van der Waals surface area contributed by atoms with Crippen molar-refractivity contribution in [2.45, 2.75) is 26.4 Å². The summed E-state index contributed by atoms with van der Waals surface area (Å²) in [7, 11) is 0. The molecule has 90 valence electrons. The number of amides is 1. The molecular weight excluding hydrogens is 222 g/mol. The predicted molar refractivity (Wildman–Crippen MR) is 61.9 cm³/mol. The van der Waals surface area contributed by atoms with Gasteiger partial charge in [-0.25, -0.2) is 14.6 Å². The van der Waals surface area contributed by atoms with Gasteiger partial charge < -0.3 is 4.74 Å².